The summed E-state index contributed by atoms with van der Waals surface area (Å²) in [6.45, 7) is 5.40. The van der Waals surface area contributed by atoms with E-state index in [0.717, 1.165) is 23.7 Å². The summed E-state index contributed by atoms with van der Waals surface area (Å²) >= 11 is 1.47. The Labute approximate surface area is 163 Å². The van der Waals surface area contributed by atoms with Gasteiger partial charge in [0.25, 0.3) is 5.91 Å². The SMILES string of the molecule is CC[NH+](CCSc1ccccc1F)CC(=O)Nc1ccc(NC(C)=O)cc1. The summed E-state index contributed by atoms with van der Waals surface area (Å²) in [7, 11) is 0. The molecule has 0 fully saturated rings. The number of hydrogen-bond donors (Lipinski definition) is 3. The second-order valence-electron chi connectivity index (χ2n) is 6.12. The normalized spacial score (nSPS) is 11.7. The van der Waals surface area contributed by atoms with Crippen LogP contribution in [0.5, 0.6) is 0 Å². The van der Waals surface area contributed by atoms with Crippen molar-refractivity contribution in [3.8, 4) is 0 Å². The van der Waals surface area contributed by atoms with E-state index in [-0.39, 0.29) is 17.6 Å². The molecule has 0 saturated heterocycles. The lowest BCUT2D eigenvalue weighted by Gasteiger charge is -2.17. The molecule has 0 aliphatic heterocycles. The van der Waals surface area contributed by atoms with E-state index in [1.54, 1.807) is 36.4 Å². The van der Waals surface area contributed by atoms with Crippen molar-refractivity contribution in [1.82, 2.24) is 0 Å². The second-order valence-corrected chi connectivity index (χ2v) is 7.25. The molecule has 5 nitrogen and oxygen atoms in total. The highest BCUT2D eigenvalue weighted by atomic mass is 32.2. The predicted molar refractivity (Wildman–Crippen MR) is 108 cm³/mol. The minimum atomic E-state index is -0.207. The molecule has 7 heteroatoms. The second kappa shape index (κ2) is 10.7. The maximum Gasteiger partial charge on any atom is 0.279 e. The smallest absolute Gasteiger partial charge is 0.279 e. The fourth-order valence-corrected chi connectivity index (χ4v) is 3.52. The molecule has 0 aliphatic rings. The van der Waals surface area contributed by atoms with E-state index in [9.17, 15) is 14.0 Å². The molecule has 0 radical (unpaired) electrons. The fraction of sp³-hybridized carbons (Fsp3) is 0.300. The van der Waals surface area contributed by atoms with Gasteiger partial charge in [-0.05, 0) is 43.3 Å². The van der Waals surface area contributed by atoms with Crippen LogP contribution in [-0.2, 0) is 9.59 Å². The number of thioether (sulfide) groups is 1. The van der Waals surface area contributed by atoms with Gasteiger partial charge in [0.05, 0.1) is 13.1 Å². The summed E-state index contributed by atoms with van der Waals surface area (Å²) in [5.74, 6) is 0.321. The molecule has 2 aromatic carbocycles. The number of carbonyl (C=O) groups excluding carboxylic acids is 2. The third-order valence-electron chi connectivity index (χ3n) is 3.95. The summed E-state index contributed by atoms with van der Waals surface area (Å²) in [6, 6.07) is 13.7. The molecule has 1 unspecified atom stereocenters. The first-order valence-electron chi connectivity index (χ1n) is 8.86. The Bertz CT molecular complexity index is 768. The number of hydrogen-bond acceptors (Lipinski definition) is 3. The topological polar surface area (TPSA) is 62.6 Å². The van der Waals surface area contributed by atoms with Gasteiger partial charge in [-0.3, -0.25) is 9.59 Å². The Balaban J connectivity index is 1.78. The van der Waals surface area contributed by atoms with Crippen molar-refractivity contribution in [1.29, 1.82) is 0 Å². The van der Waals surface area contributed by atoms with Gasteiger partial charge in [0, 0.05) is 28.9 Å². The fourth-order valence-electron chi connectivity index (χ4n) is 2.53. The minimum Gasteiger partial charge on any atom is -0.327 e. The number of carbonyl (C=O) groups is 2. The summed E-state index contributed by atoms with van der Waals surface area (Å²) < 4.78 is 13.6. The monoisotopic (exact) mass is 390 g/mol. The van der Waals surface area contributed by atoms with E-state index in [0.29, 0.717) is 22.8 Å². The van der Waals surface area contributed by atoms with E-state index in [2.05, 4.69) is 10.6 Å². The molecule has 2 amide bonds. The lowest BCUT2D eigenvalue weighted by Crippen LogP contribution is -3.13. The molecule has 1 atom stereocenters. The first kappa shape index (κ1) is 20.9. The Morgan fingerprint density at radius 1 is 1.04 bits per heavy atom. The molecule has 2 aromatic rings. The van der Waals surface area contributed by atoms with Crippen LogP contribution in [0.2, 0.25) is 0 Å². The molecule has 3 N–H and O–H groups in total. The van der Waals surface area contributed by atoms with Gasteiger partial charge in [-0.1, -0.05) is 12.1 Å². The van der Waals surface area contributed by atoms with E-state index < -0.39 is 0 Å². The highest BCUT2D eigenvalue weighted by Gasteiger charge is 2.13. The number of anilines is 2. The van der Waals surface area contributed by atoms with Crippen molar-refractivity contribution < 1.29 is 18.9 Å². The molecular weight excluding hydrogens is 365 g/mol. The Morgan fingerprint density at radius 2 is 1.67 bits per heavy atom. The molecule has 0 heterocycles. The third kappa shape index (κ3) is 7.40. The van der Waals surface area contributed by atoms with Crippen LogP contribution in [0.4, 0.5) is 15.8 Å². The highest BCUT2D eigenvalue weighted by molar-refractivity contribution is 7.99. The van der Waals surface area contributed by atoms with E-state index in [4.69, 9.17) is 0 Å². The van der Waals surface area contributed by atoms with Gasteiger partial charge in [0.1, 0.15) is 5.82 Å². The minimum absolute atomic E-state index is 0.0741. The van der Waals surface area contributed by atoms with Crippen LogP contribution in [-0.4, -0.2) is 37.2 Å². The van der Waals surface area contributed by atoms with Crippen LogP contribution in [0.1, 0.15) is 13.8 Å². The van der Waals surface area contributed by atoms with Crippen LogP contribution in [0.3, 0.4) is 0 Å². The maximum atomic E-state index is 13.6. The Kier molecular flexibility index (Phi) is 8.29. The highest BCUT2D eigenvalue weighted by Crippen LogP contribution is 2.20. The average Bonchev–Trinajstić information content (AvgIpc) is 2.63. The first-order valence-corrected chi connectivity index (χ1v) is 9.85. The lowest BCUT2D eigenvalue weighted by atomic mass is 10.2. The zero-order valence-corrected chi connectivity index (χ0v) is 16.4. The molecule has 144 valence electrons. The van der Waals surface area contributed by atoms with Gasteiger partial charge in [-0.25, -0.2) is 4.39 Å². The maximum absolute atomic E-state index is 13.6. The largest absolute Gasteiger partial charge is 0.327 e. The molecule has 0 saturated carbocycles. The predicted octanol–water partition coefficient (Wildman–Crippen LogP) is 2.42. The summed E-state index contributed by atoms with van der Waals surface area (Å²) in [5, 5.41) is 5.55. The number of halogens is 1. The number of benzene rings is 2. The number of nitrogens with one attached hydrogen (secondary N) is 3. The Morgan fingerprint density at radius 3 is 2.26 bits per heavy atom. The summed E-state index contributed by atoms with van der Waals surface area (Å²) in [4.78, 5) is 25.0. The van der Waals surface area contributed by atoms with Crippen LogP contribution in [0.15, 0.2) is 53.4 Å². The first-order chi connectivity index (χ1) is 13.0. The van der Waals surface area contributed by atoms with Gasteiger partial charge in [0.15, 0.2) is 6.54 Å². The summed E-state index contributed by atoms with van der Waals surface area (Å²) in [5.41, 5.74) is 1.37. The zero-order valence-electron chi connectivity index (χ0n) is 15.5. The van der Waals surface area contributed by atoms with E-state index in [1.807, 2.05) is 13.0 Å². The van der Waals surface area contributed by atoms with E-state index >= 15 is 0 Å². The molecule has 0 spiro atoms. The standard InChI is InChI=1S/C20H24FN3O2S/c1-3-24(12-13-27-19-7-5-4-6-18(19)21)14-20(26)23-17-10-8-16(9-11-17)22-15(2)25/h4-11H,3,12-14H2,1-2H3,(H,22,25)(H,23,26)/p+1. The van der Waals surface area contributed by atoms with Crippen LogP contribution < -0.4 is 15.5 Å². The third-order valence-corrected chi connectivity index (χ3v) is 5.00. The molecule has 0 aromatic heterocycles. The van der Waals surface area contributed by atoms with Gasteiger partial charge < -0.3 is 15.5 Å². The van der Waals surface area contributed by atoms with Gasteiger partial charge in [0.2, 0.25) is 5.91 Å². The lowest BCUT2D eigenvalue weighted by molar-refractivity contribution is -0.887. The van der Waals surface area contributed by atoms with Crippen molar-refractivity contribution >= 4 is 35.0 Å². The van der Waals surface area contributed by atoms with Crippen LogP contribution >= 0.6 is 11.8 Å². The van der Waals surface area contributed by atoms with Crippen molar-refractivity contribution in [3.05, 3.63) is 54.3 Å². The van der Waals surface area contributed by atoms with Gasteiger partial charge in [-0.2, -0.15) is 0 Å². The summed E-state index contributed by atoms with van der Waals surface area (Å²) in [6.07, 6.45) is 0. The molecule has 0 aliphatic carbocycles. The number of likely N-dealkylation sites (N-methyl/N-ethyl adjacent to an activating group) is 1. The van der Waals surface area contributed by atoms with E-state index in [1.165, 1.54) is 24.8 Å². The Hall–Kier alpha value is -2.38. The molecule has 0 bridgehead atoms. The van der Waals surface area contributed by atoms with Crippen LogP contribution in [0, 0.1) is 5.82 Å². The average molecular weight is 391 g/mol. The van der Waals surface area contributed by atoms with Crippen molar-refractivity contribution in [3.63, 3.8) is 0 Å². The number of quaternary nitrogens is 1. The van der Waals surface area contributed by atoms with Gasteiger partial charge in [-0.15, -0.1) is 11.8 Å². The molecular formula is C20H25FN3O2S+. The van der Waals surface area contributed by atoms with Crippen LogP contribution in [0.25, 0.3) is 0 Å². The quantitative estimate of drug-likeness (QED) is 0.576. The number of rotatable bonds is 9. The van der Waals surface area contributed by atoms with Gasteiger partial charge >= 0.3 is 0 Å². The number of amides is 2. The van der Waals surface area contributed by atoms with Crippen molar-refractivity contribution in [2.75, 3.05) is 36.0 Å². The molecule has 27 heavy (non-hydrogen) atoms. The van der Waals surface area contributed by atoms with Crippen molar-refractivity contribution in [2.24, 2.45) is 0 Å². The molecule has 2 rings (SSSR count). The van der Waals surface area contributed by atoms with Crippen molar-refractivity contribution in [2.45, 2.75) is 18.7 Å². The zero-order chi connectivity index (χ0) is 19.6.